The molecule has 3 nitrogen and oxygen atoms in total. The van der Waals surface area contributed by atoms with Gasteiger partial charge in [-0.15, -0.1) is 0 Å². The van der Waals surface area contributed by atoms with E-state index in [-0.39, 0.29) is 10.4 Å². The number of hydrogen-bond donors (Lipinski definition) is 0. The van der Waals surface area contributed by atoms with Gasteiger partial charge in [-0.25, -0.2) is 0 Å². The normalized spacial score (nSPS) is 16.8. The van der Waals surface area contributed by atoms with Gasteiger partial charge in [0.1, 0.15) is 11.5 Å². The highest BCUT2D eigenvalue weighted by Crippen LogP contribution is 2.37. The molecule has 0 atom stereocenters. The third kappa shape index (κ3) is 4.79. The number of alkyl halides is 3. The first-order valence-electron chi connectivity index (χ1n) is 8.97. The van der Waals surface area contributed by atoms with E-state index in [1.165, 1.54) is 6.07 Å². The van der Waals surface area contributed by atoms with E-state index >= 15 is 0 Å². The smallest absolute Gasteiger partial charge is 0.417 e. The Hall–Kier alpha value is -1.66. The molecule has 2 heterocycles. The summed E-state index contributed by atoms with van der Waals surface area (Å²) in [6.07, 6.45) is -4.45. The molecule has 0 amide bonds. The average molecular weight is 401 g/mol. The summed E-state index contributed by atoms with van der Waals surface area (Å²) in [7, 11) is 0. The number of nitrogens with zero attached hydrogens (tertiary/aromatic N) is 2. The molecule has 0 spiro atoms. The molecular formula is C20H24ClF3N2O. The highest BCUT2D eigenvalue weighted by molar-refractivity contribution is 6.31. The largest absolute Gasteiger partial charge is 0.464 e. The van der Waals surface area contributed by atoms with Crippen molar-refractivity contribution in [3.8, 4) is 0 Å². The van der Waals surface area contributed by atoms with Gasteiger partial charge in [0.2, 0.25) is 0 Å². The molecule has 0 bridgehead atoms. The molecule has 3 rings (SSSR count). The first-order chi connectivity index (χ1) is 12.5. The molecule has 2 aromatic rings. The Labute approximate surface area is 162 Å². The van der Waals surface area contributed by atoms with Crippen LogP contribution in [-0.4, -0.2) is 31.1 Å². The second kappa shape index (κ2) is 7.40. The first kappa shape index (κ1) is 20.1. The zero-order valence-corrected chi connectivity index (χ0v) is 16.5. The van der Waals surface area contributed by atoms with Gasteiger partial charge in [0.05, 0.1) is 17.1 Å². The van der Waals surface area contributed by atoms with Gasteiger partial charge in [0.15, 0.2) is 0 Å². The summed E-state index contributed by atoms with van der Waals surface area (Å²) in [5, 5.41) is -0.266. The number of rotatable bonds is 3. The lowest BCUT2D eigenvalue weighted by molar-refractivity contribution is -0.137. The average Bonchev–Trinajstić information content (AvgIpc) is 3.04. The van der Waals surface area contributed by atoms with Crippen molar-refractivity contribution in [1.82, 2.24) is 4.90 Å². The van der Waals surface area contributed by atoms with Gasteiger partial charge in [0, 0.05) is 37.3 Å². The minimum Gasteiger partial charge on any atom is -0.464 e. The van der Waals surface area contributed by atoms with Crippen LogP contribution in [0.4, 0.5) is 18.9 Å². The highest BCUT2D eigenvalue weighted by atomic mass is 35.5. The van der Waals surface area contributed by atoms with Gasteiger partial charge in [-0.2, -0.15) is 13.2 Å². The predicted octanol–water partition coefficient (Wildman–Crippen LogP) is 5.57. The van der Waals surface area contributed by atoms with E-state index in [0.29, 0.717) is 25.3 Å². The number of benzene rings is 1. The fraction of sp³-hybridized carbons (Fsp3) is 0.500. The van der Waals surface area contributed by atoms with Gasteiger partial charge in [-0.3, -0.25) is 4.90 Å². The van der Waals surface area contributed by atoms with Crippen molar-refractivity contribution >= 4 is 17.3 Å². The van der Waals surface area contributed by atoms with Crippen LogP contribution in [0.5, 0.6) is 0 Å². The minimum atomic E-state index is -4.45. The van der Waals surface area contributed by atoms with Crippen molar-refractivity contribution in [1.29, 1.82) is 0 Å². The van der Waals surface area contributed by atoms with Crippen LogP contribution in [0.15, 0.2) is 34.7 Å². The van der Waals surface area contributed by atoms with Crippen LogP contribution in [0.25, 0.3) is 0 Å². The standard InChI is InChI=1S/C20H24ClF3N2O/c1-19(2,3)18-7-5-15(27-18)13-25-8-10-26(11-9-25)14-4-6-17(21)16(12-14)20(22,23)24/h4-7,12H,8-11,13H2,1-3H3. The lowest BCUT2D eigenvalue weighted by atomic mass is 9.94. The van der Waals surface area contributed by atoms with Crippen molar-refractivity contribution in [2.45, 2.75) is 38.9 Å². The molecule has 27 heavy (non-hydrogen) atoms. The van der Waals surface area contributed by atoms with Crippen LogP contribution < -0.4 is 4.90 Å². The topological polar surface area (TPSA) is 19.6 Å². The summed E-state index contributed by atoms with van der Waals surface area (Å²) in [4.78, 5) is 4.22. The summed E-state index contributed by atoms with van der Waals surface area (Å²) in [6.45, 7) is 9.86. The van der Waals surface area contributed by atoms with Crippen molar-refractivity contribution in [3.05, 3.63) is 52.4 Å². The fourth-order valence-electron chi connectivity index (χ4n) is 3.18. The van der Waals surface area contributed by atoms with Gasteiger partial charge in [0.25, 0.3) is 0 Å². The van der Waals surface area contributed by atoms with E-state index in [9.17, 15) is 13.2 Å². The first-order valence-corrected chi connectivity index (χ1v) is 9.35. The zero-order valence-electron chi connectivity index (χ0n) is 15.7. The van der Waals surface area contributed by atoms with Crippen molar-refractivity contribution < 1.29 is 17.6 Å². The molecule has 1 aliphatic heterocycles. The van der Waals surface area contributed by atoms with E-state index in [4.69, 9.17) is 16.0 Å². The molecule has 1 aliphatic rings. The quantitative estimate of drug-likeness (QED) is 0.671. The number of piperazine rings is 1. The van der Waals surface area contributed by atoms with Gasteiger partial charge >= 0.3 is 6.18 Å². The fourth-order valence-corrected chi connectivity index (χ4v) is 3.40. The van der Waals surface area contributed by atoms with E-state index < -0.39 is 11.7 Å². The molecule has 148 valence electrons. The molecule has 1 saturated heterocycles. The lowest BCUT2D eigenvalue weighted by Gasteiger charge is -2.36. The monoisotopic (exact) mass is 400 g/mol. The predicted molar refractivity (Wildman–Crippen MR) is 101 cm³/mol. The molecule has 1 aromatic heterocycles. The minimum absolute atomic E-state index is 0.0261. The summed E-state index contributed by atoms with van der Waals surface area (Å²) in [5.74, 6) is 1.87. The summed E-state index contributed by atoms with van der Waals surface area (Å²) < 4.78 is 45.1. The molecule has 0 N–H and O–H groups in total. The molecule has 0 saturated carbocycles. The van der Waals surface area contributed by atoms with Crippen LogP contribution in [-0.2, 0) is 18.1 Å². The van der Waals surface area contributed by atoms with Crippen LogP contribution in [0.3, 0.4) is 0 Å². The van der Waals surface area contributed by atoms with E-state index in [2.05, 4.69) is 25.7 Å². The van der Waals surface area contributed by atoms with E-state index in [1.807, 2.05) is 17.0 Å². The van der Waals surface area contributed by atoms with Gasteiger partial charge in [-0.1, -0.05) is 32.4 Å². The maximum absolute atomic E-state index is 13.1. The SMILES string of the molecule is CC(C)(C)c1ccc(CN2CCN(c3ccc(Cl)c(C(F)(F)F)c3)CC2)o1. The molecule has 0 unspecified atom stereocenters. The summed E-state index contributed by atoms with van der Waals surface area (Å²) in [6, 6.07) is 8.12. The maximum Gasteiger partial charge on any atom is 0.417 e. The molecule has 1 aromatic carbocycles. The molecule has 0 aliphatic carbocycles. The van der Waals surface area contributed by atoms with Crippen molar-refractivity contribution in [2.75, 3.05) is 31.1 Å². The Bertz CT molecular complexity index is 787. The Morgan fingerprint density at radius 1 is 1.00 bits per heavy atom. The number of hydrogen-bond acceptors (Lipinski definition) is 3. The molecular weight excluding hydrogens is 377 g/mol. The second-order valence-electron chi connectivity index (χ2n) is 7.94. The Morgan fingerprint density at radius 3 is 2.22 bits per heavy atom. The maximum atomic E-state index is 13.1. The summed E-state index contributed by atoms with van der Waals surface area (Å²) >= 11 is 5.71. The van der Waals surface area contributed by atoms with E-state index in [0.717, 1.165) is 30.7 Å². The van der Waals surface area contributed by atoms with Crippen LogP contribution in [0.2, 0.25) is 5.02 Å². The number of furan rings is 1. The third-order valence-electron chi connectivity index (χ3n) is 4.77. The van der Waals surface area contributed by atoms with Gasteiger partial charge < -0.3 is 9.32 Å². The lowest BCUT2D eigenvalue weighted by Crippen LogP contribution is -2.46. The zero-order chi connectivity index (χ0) is 19.8. The molecule has 7 heteroatoms. The number of halogens is 4. The molecule has 1 fully saturated rings. The van der Waals surface area contributed by atoms with E-state index in [1.54, 1.807) is 6.07 Å². The Kier molecular flexibility index (Phi) is 5.50. The number of anilines is 1. The van der Waals surface area contributed by atoms with Crippen molar-refractivity contribution in [2.24, 2.45) is 0 Å². The Morgan fingerprint density at radius 2 is 1.67 bits per heavy atom. The van der Waals surface area contributed by atoms with Crippen molar-refractivity contribution in [3.63, 3.8) is 0 Å². The van der Waals surface area contributed by atoms with Crippen LogP contribution in [0, 0.1) is 0 Å². The van der Waals surface area contributed by atoms with Crippen LogP contribution >= 0.6 is 11.6 Å². The van der Waals surface area contributed by atoms with Crippen LogP contribution in [0.1, 0.15) is 37.9 Å². The third-order valence-corrected chi connectivity index (χ3v) is 5.10. The Balaban J connectivity index is 1.62. The molecule has 0 radical (unpaired) electrons. The van der Waals surface area contributed by atoms with Gasteiger partial charge in [-0.05, 0) is 30.3 Å². The second-order valence-corrected chi connectivity index (χ2v) is 8.35. The summed E-state index contributed by atoms with van der Waals surface area (Å²) in [5.41, 5.74) is -0.254. The highest BCUT2D eigenvalue weighted by Gasteiger charge is 2.34.